The van der Waals surface area contributed by atoms with Crippen molar-refractivity contribution in [3.05, 3.63) is 0 Å². The number of methoxy groups -OCH3 is 1. The van der Waals surface area contributed by atoms with E-state index in [2.05, 4.69) is 10.6 Å². The second-order valence-corrected chi connectivity index (χ2v) is 8.22. The monoisotopic (exact) mass is 348 g/mol. The lowest BCUT2D eigenvalue weighted by atomic mass is 10.0. The first kappa shape index (κ1) is 19.6. The Hall–Kier alpha value is -0.400. The third-order valence-corrected chi connectivity index (χ3v) is 6.13. The van der Waals surface area contributed by atoms with Crippen LogP contribution >= 0.6 is 21.6 Å². The standard InChI is InChI=1S/C15H28N2O3S2/c1-12(15(19)17-13-7-10-21-22-11-13)5-3-4-8-16-14(18)6-9-20-2/h12-13H,3-11H2,1-2H3,(H,16,18)(H,17,19)/t12-,13?/m0/s1. The van der Waals surface area contributed by atoms with Gasteiger partial charge in [0.15, 0.2) is 0 Å². The van der Waals surface area contributed by atoms with E-state index in [4.69, 9.17) is 4.74 Å². The van der Waals surface area contributed by atoms with Gasteiger partial charge in [-0.3, -0.25) is 9.59 Å². The molecule has 7 heteroatoms. The number of ether oxygens (including phenoxy) is 1. The molecule has 2 N–H and O–H groups in total. The summed E-state index contributed by atoms with van der Waals surface area (Å²) < 4.78 is 4.85. The number of unbranched alkanes of at least 4 members (excludes halogenated alkanes) is 1. The summed E-state index contributed by atoms with van der Waals surface area (Å²) in [5.74, 6) is 2.37. The molecule has 0 spiro atoms. The Morgan fingerprint density at radius 2 is 2.14 bits per heavy atom. The Kier molecular flexibility index (Phi) is 10.8. The molecule has 0 aromatic rings. The van der Waals surface area contributed by atoms with Crippen molar-refractivity contribution in [2.24, 2.45) is 5.92 Å². The molecule has 0 bridgehead atoms. The molecule has 0 aromatic heterocycles. The van der Waals surface area contributed by atoms with Crippen molar-refractivity contribution in [3.63, 3.8) is 0 Å². The Morgan fingerprint density at radius 1 is 1.32 bits per heavy atom. The maximum absolute atomic E-state index is 12.1. The quantitative estimate of drug-likeness (QED) is 0.468. The molecule has 1 rings (SSSR count). The summed E-state index contributed by atoms with van der Waals surface area (Å²) in [6.45, 7) is 3.12. The molecule has 0 radical (unpaired) electrons. The van der Waals surface area contributed by atoms with E-state index in [9.17, 15) is 9.59 Å². The number of amides is 2. The van der Waals surface area contributed by atoms with Gasteiger partial charge in [0.05, 0.1) is 6.61 Å². The lowest BCUT2D eigenvalue weighted by Gasteiger charge is -2.23. The second-order valence-electron chi connectivity index (χ2n) is 5.59. The number of nitrogens with one attached hydrogen (secondary N) is 2. The van der Waals surface area contributed by atoms with Crippen molar-refractivity contribution in [1.29, 1.82) is 0 Å². The molecule has 1 fully saturated rings. The zero-order chi connectivity index (χ0) is 16.2. The summed E-state index contributed by atoms with van der Waals surface area (Å²) in [7, 11) is 5.31. The third-order valence-electron chi connectivity index (χ3n) is 3.62. The highest BCUT2D eigenvalue weighted by atomic mass is 33.1. The van der Waals surface area contributed by atoms with Crippen LogP contribution in [-0.4, -0.2) is 49.6 Å². The molecule has 22 heavy (non-hydrogen) atoms. The first-order valence-corrected chi connectivity index (χ1v) is 10.4. The molecule has 2 amide bonds. The van der Waals surface area contributed by atoms with Crippen molar-refractivity contribution in [2.45, 2.75) is 45.1 Å². The average Bonchev–Trinajstić information content (AvgIpc) is 2.53. The summed E-state index contributed by atoms with van der Waals surface area (Å²) in [5.41, 5.74) is 0. The SMILES string of the molecule is COCCC(=O)NCCCC[C@H](C)C(=O)NC1CCSSC1. The van der Waals surface area contributed by atoms with Crippen LogP contribution in [-0.2, 0) is 14.3 Å². The molecule has 2 atom stereocenters. The minimum absolute atomic E-state index is 0.0281. The zero-order valence-electron chi connectivity index (χ0n) is 13.6. The predicted molar refractivity (Wildman–Crippen MR) is 94.0 cm³/mol. The lowest BCUT2D eigenvalue weighted by Crippen LogP contribution is -2.40. The van der Waals surface area contributed by atoms with Gasteiger partial charge in [-0.1, -0.05) is 34.9 Å². The van der Waals surface area contributed by atoms with Gasteiger partial charge in [0.2, 0.25) is 11.8 Å². The molecule has 1 aliphatic rings. The van der Waals surface area contributed by atoms with Crippen LogP contribution < -0.4 is 10.6 Å². The maximum atomic E-state index is 12.1. The molecular weight excluding hydrogens is 320 g/mol. The van der Waals surface area contributed by atoms with Gasteiger partial charge in [0.1, 0.15) is 0 Å². The lowest BCUT2D eigenvalue weighted by molar-refractivity contribution is -0.125. The third kappa shape index (κ3) is 8.90. The van der Waals surface area contributed by atoms with Crippen molar-refractivity contribution in [1.82, 2.24) is 10.6 Å². The highest BCUT2D eigenvalue weighted by molar-refractivity contribution is 8.76. The molecule has 128 valence electrons. The summed E-state index contributed by atoms with van der Waals surface area (Å²) in [5, 5.41) is 6.01. The summed E-state index contributed by atoms with van der Waals surface area (Å²) in [4.78, 5) is 23.5. The fourth-order valence-corrected chi connectivity index (χ4v) is 4.57. The van der Waals surface area contributed by atoms with Crippen LogP contribution in [0.3, 0.4) is 0 Å². The zero-order valence-corrected chi connectivity index (χ0v) is 15.2. The van der Waals surface area contributed by atoms with E-state index in [0.29, 0.717) is 25.6 Å². The van der Waals surface area contributed by atoms with Crippen LogP contribution in [0.15, 0.2) is 0 Å². The second kappa shape index (κ2) is 12.1. The molecular formula is C15H28N2O3S2. The fourth-order valence-electron chi connectivity index (χ4n) is 2.14. The topological polar surface area (TPSA) is 67.4 Å². The molecule has 1 aliphatic heterocycles. The Morgan fingerprint density at radius 3 is 2.82 bits per heavy atom. The van der Waals surface area contributed by atoms with Gasteiger partial charge in [-0.15, -0.1) is 0 Å². The van der Waals surface area contributed by atoms with Gasteiger partial charge in [-0.05, 0) is 19.3 Å². The Bertz CT molecular complexity index is 337. The van der Waals surface area contributed by atoms with Gasteiger partial charge >= 0.3 is 0 Å². The smallest absolute Gasteiger partial charge is 0.223 e. The minimum Gasteiger partial charge on any atom is -0.384 e. The van der Waals surface area contributed by atoms with E-state index in [-0.39, 0.29) is 17.7 Å². The van der Waals surface area contributed by atoms with Crippen LogP contribution in [0.1, 0.15) is 39.0 Å². The van der Waals surface area contributed by atoms with Gasteiger partial charge < -0.3 is 15.4 Å². The van der Waals surface area contributed by atoms with Crippen molar-refractivity contribution < 1.29 is 14.3 Å². The van der Waals surface area contributed by atoms with E-state index in [1.165, 1.54) is 0 Å². The number of hydrogen-bond acceptors (Lipinski definition) is 5. The summed E-state index contributed by atoms with van der Waals surface area (Å²) in [6, 6.07) is 0.335. The molecule has 0 aromatic carbocycles. The Labute approximate surface area is 141 Å². The van der Waals surface area contributed by atoms with E-state index >= 15 is 0 Å². The minimum atomic E-state index is 0.0281. The molecule has 1 saturated heterocycles. The van der Waals surface area contributed by atoms with Gasteiger partial charge in [0, 0.05) is 43.5 Å². The molecule has 5 nitrogen and oxygen atoms in total. The first-order chi connectivity index (χ1) is 10.6. The van der Waals surface area contributed by atoms with Gasteiger partial charge in [-0.2, -0.15) is 0 Å². The van der Waals surface area contributed by atoms with E-state index in [1.807, 2.05) is 28.5 Å². The highest BCUT2D eigenvalue weighted by Crippen LogP contribution is 2.29. The normalized spacial score (nSPS) is 19.5. The number of rotatable bonds is 10. The van der Waals surface area contributed by atoms with Gasteiger partial charge in [-0.25, -0.2) is 0 Å². The van der Waals surface area contributed by atoms with Gasteiger partial charge in [0.25, 0.3) is 0 Å². The van der Waals surface area contributed by atoms with Crippen molar-refractivity contribution in [2.75, 3.05) is 31.8 Å². The van der Waals surface area contributed by atoms with Crippen LogP contribution in [0.5, 0.6) is 0 Å². The first-order valence-electron chi connectivity index (χ1n) is 7.94. The van der Waals surface area contributed by atoms with Crippen LogP contribution in [0.2, 0.25) is 0 Å². The van der Waals surface area contributed by atoms with Crippen LogP contribution in [0.4, 0.5) is 0 Å². The molecule has 1 unspecified atom stereocenters. The van der Waals surface area contributed by atoms with Crippen molar-refractivity contribution >= 4 is 33.4 Å². The van der Waals surface area contributed by atoms with E-state index in [0.717, 1.165) is 37.2 Å². The van der Waals surface area contributed by atoms with E-state index in [1.54, 1.807) is 7.11 Å². The number of carbonyl (C=O) groups excluding carboxylic acids is 2. The van der Waals surface area contributed by atoms with E-state index < -0.39 is 0 Å². The summed E-state index contributed by atoms with van der Waals surface area (Å²) >= 11 is 0. The molecule has 1 heterocycles. The largest absolute Gasteiger partial charge is 0.384 e. The molecule has 0 aliphatic carbocycles. The fraction of sp³-hybridized carbons (Fsp3) is 0.867. The average molecular weight is 349 g/mol. The van der Waals surface area contributed by atoms with Crippen molar-refractivity contribution in [3.8, 4) is 0 Å². The summed E-state index contributed by atoms with van der Waals surface area (Å²) in [6.07, 6.45) is 4.21. The Balaban J connectivity index is 2.03. The van der Waals surface area contributed by atoms with Crippen LogP contribution in [0, 0.1) is 5.92 Å². The number of carbonyl (C=O) groups is 2. The maximum Gasteiger partial charge on any atom is 0.223 e. The predicted octanol–water partition coefficient (Wildman–Crippen LogP) is 2.22. The number of hydrogen-bond donors (Lipinski definition) is 2. The van der Waals surface area contributed by atoms with Crippen LogP contribution in [0.25, 0.3) is 0 Å². The highest BCUT2D eigenvalue weighted by Gasteiger charge is 2.19. The molecule has 0 saturated carbocycles.